The highest BCUT2D eigenvalue weighted by Crippen LogP contribution is 2.22. The average Bonchev–Trinajstić information content (AvgIpc) is 2.71. The molecular formula is C11H20N4S. The minimum Gasteiger partial charge on any atom is -0.345 e. The second kappa shape index (κ2) is 5.12. The summed E-state index contributed by atoms with van der Waals surface area (Å²) in [7, 11) is 4.15. The van der Waals surface area contributed by atoms with E-state index in [0.29, 0.717) is 6.04 Å². The molecule has 5 heteroatoms. The molecule has 2 heterocycles. The molecule has 1 aromatic rings. The van der Waals surface area contributed by atoms with E-state index in [1.54, 1.807) is 11.3 Å². The predicted molar refractivity (Wildman–Crippen MR) is 69.2 cm³/mol. The first-order chi connectivity index (χ1) is 7.70. The molecule has 4 nitrogen and oxygen atoms in total. The molecule has 16 heavy (non-hydrogen) atoms. The second-order valence-electron chi connectivity index (χ2n) is 4.43. The SMILES string of the molecule is CNCc1csc(N2CCN(C)C(C)C2)n1. The van der Waals surface area contributed by atoms with E-state index in [1.807, 2.05) is 7.05 Å². The predicted octanol–water partition coefficient (Wildman–Crippen LogP) is 1.00. The van der Waals surface area contributed by atoms with Crippen LogP contribution < -0.4 is 10.2 Å². The van der Waals surface area contributed by atoms with Crippen molar-refractivity contribution in [1.29, 1.82) is 0 Å². The van der Waals surface area contributed by atoms with Gasteiger partial charge in [0.2, 0.25) is 0 Å². The van der Waals surface area contributed by atoms with Crippen LogP contribution in [0.4, 0.5) is 5.13 Å². The number of nitrogens with zero attached hydrogens (tertiary/aromatic N) is 3. The molecule has 1 fully saturated rings. The zero-order valence-corrected chi connectivity index (χ0v) is 11.0. The fraction of sp³-hybridized carbons (Fsp3) is 0.727. The van der Waals surface area contributed by atoms with Gasteiger partial charge in [-0.25, -0.2) is 4.98 Å². The normalized spacial score (nSPS) is 22.7. The van der Waals surface area contributed by atoms with E-state index < -0.39 is 0 Å². The van der Waals surface area contributed by atoms with Crippen LogP contribution >= 0.6 is 11.3 Å². The first-order valence-corrected chi connectivity index (χ1v) is 6.63. The Hall–Kier alpha value is -0.650. The molecule has 2 rings (SSSR count). The molecule has 90 valence electrons. The van der Waals surface area contributed by atoms with Crippen LogP contribution in [0.3, 0.4) is 0 Å². The number of thiazole rings is 1. The van der Waals surface area contributed by atoms with Crippen molar-refractivity contribution in [2.75, 3.05) is 38.6 Å². The molecule has 1 N–H and O–H groups in total. The van der Waals surface area contributed by atoms with Gasteiger partial charge in [-0.15, -0.1) is 11.3 Å². The highest BCUT2D eigenvalue weighted by molar-refractivity contribution is 7.13. The number of nitrogens with one attached hydrogen (secondary N) is 1. The molecule has 0 saturated carbocycles. The minimum absolute atomic E-state index is 0.616. The van der Waals surface area contributed by atoms with Crippen LogP contribution in [0.2, 0.25) is 0 Å². The minimum atomic E-state index is 0.616. The summed E-state index contributed by atoms with van der Waals surface area (Å²) in [6, 6.07) is 0.616. The summed E-state index contributed by atoms with van der Waals surface area (Å²) < 4.78 is 0. The Morgan fingerprint density at radius 3 is 3.06 bits per heavy atom. The molecule has 0 radical (unpaired) electrons. The second-order valence-corrected chi connectivity index (χ2v) is 5.26. The summed E-state index contributed by atoms with van der Waals surface area (Å²) >= 11 is 1.76. The summed E-state index contributed by atoms with van der Waals surface area (Å²) in [4.78, 5) is 9.45. The van der Waals surface area contributed by atoms with E-state index in [0.717, 1.165) is 31.9 Å². The molecule has 0 amide bonds. The number of anilines is 1. The van der Waals surface area contributed by atoms with Crippen molar-refractivity contribution in [2.24, 2.45) is 0 Å². The number of hydrogen-bond donors (Lipinski definition) is 1. The first-order valence-electron chi connectivity index (χ1n) is 5.75. The van der Waals surface area contributed by atoms with Crippen LogP contribution in [0, 0.1) is 0 Å². The smallest absolute Gasteiger partial charge is 0.185 e. The van der Waals surface area contributed by atoms with Crippen LogP contribution in [0.1, 0.15) is 12.6 Å². The molecule has 1 saturated heterocycles. The van der Waals surface area contributed by atoms with E-state index in [2.05, 4.69) is 39.5 Å². The van der Waals surface area contributed by atoms with E-state index in [-0.39, 0.29) is 0 Å². The van der Waals surface area contributed by atoms with Gasteiger partial charge in [0.05, 0.1) is 5.69 Å². The molecule has 1 atom stereocenters. The van der Waals surface area contributed by atoms with E-state index >= 15 is 0 Å². The van der Waals surface area contributed by atoms with Crippen molar-refractivity contribution < 1.29 is 0 Å². The van der Waals surface area contributed by atoms with Gasteiger partial charge < -0.3 is 15.1 Å². The molecule has 0 bridgehead atoms. The summed E-state index contributed by atoms with van der Waals surface area (Å²) in [6.45, 7) is 6.44. The van der Waals surface area contributed by atoms with Gasteiger partial charge in [0, 0.05) is 37.6 Å². The molecule has 0 aliphatic carbocycles. The third kappa shape index (κ3) is 2.53. The summed E-state index contributed by atoms with van der Waals surface area (Å²) in [6.07, 6.45) is 0. The monoisotopic (exact) mass is 240 g/mol. The third-order valence-corrected chi connectivity index (χ3v) is 4.08. The van der Waals surface area contributed by atoms with Crippen molar-refractivity contribution >= 4 is 16.5 Å². The first kappa shape index (κ1) is 11.8. The van der Waals surface area contributed by atoms with Gasteiger partial charge in [0.25, 0.3) is 0 Å². The molecule has 0 spiro atoms. The third-order valence-electron chi connectivity index (χ3n) is 3.13. The van der Waals surface area contributed by atoms with Gasteiger partial charge in [0.1, 0.15) is 0 Å². The molecule has 1 aromatic heterocycles. The highest BCUT2D eigenvalue weighted by Gasteiger charge is 2.22. The fourth-order valence-electron chi connectivity index (χ4n) is 1.93. The lowest BCUT2D eigenvalue weighted by molar-refractivity contribution is 0.234. The zero-order valence-electron chi connectivity index (χ0n) is 10.2. The van der Waals surface area contributed by atoms with Gasteiger partial charge in [-0.2, -0.15) is 0 Å². The number of aromatic nitrogens is 1. The van der Waals surface area contributed by atoms with E-state index in [1.165, 1.54) is 5.13 Å². The molecule has 1 unspecified atom stereocenters. The topological polar surface area (TPSA) is 31.4 Å². The van der Waals surface area contributed by atoms with Gasteiger partial charge in [-0.05, 0) is 21.0 Å². The van der Waals surface area contributed by atoms with Crippen molar-refractivity contribution in [1.82, 2.24) is 15.2 Å². The van der Waals surface area contributed by atoms with E-state index in [9.17, 15) is 0 Å². The van der Waals surface area contributed by atoms with Crippen LogP contribution in [0.5, 0.6) is 0 Å². The van der Waals surface area contributed by atoms with Crippen LogP contribution in [-0.2, 0) is 6.54 Å². The van der Waals surface area contributed by atoms with Gasteiger partial charge in [0.15, 0.2) is 5.13 Å². The molecule has 0 aromatic carbocycles. The summed E-state index contributed by atoms with van der Waals surface area (Å²) in [5.74, 6) is 0. The largest absolute Gasteiger partial charge is 0.345 e. The standard InChI is InChI=1S/C11H20N4S/c1-9-7-15(5-4-14(9)3)11-13-10(6-12-2)8-16-11/h8-9,12H,4-7H2,1-3H3. The average molecular weight is 240 g/mol. The summed E-state index contributed by atoms with van der Waals surface area (Å²) in [5.41, 5.74) is 1.15. The fourth-order valence-corrected chi connectivity index (χ4v) is 2.79. The Kier molecular flexibility index (Phi) is 3.78. The number of rotatable bonds is 3. The van der Waals surface area contributed by atoms with Gasteiger partial charge in [-0.1, -0.05) is 0 Å². The van der Waals surface area contributed by atoms with Crippen LogP contribution in [0.25, 0.3) is 0 Å². The maximum atomic E-state index is 4.65. The van der Waals surface area contributed by atoms with Crippen molar-refractivity contribution in [3.05, 3.63) is 11.1 Å². The Balaban J connectivity index is 2.01. The molecular weight excluding hydrogens is 220 g/mol. The van der Waals surface area contributed by atoms with Gasteiger partial charge >= 0.3 is 0 Å². The Bertz CT molecular complexity index is 338. The maximum absolute atomic E-state index is 4.65. The lowest BCUT2D eigenvalue weighted by Crippen LogP contribution is -2.50. The Morgan fingerprint density at radius 2 is 2.38 bits per heavy atom. The van der Waals surface area contributed by atoms with Gasteiger partial charge in [-0.3, -0.25) is 0 Å². The van der Waals surface area contributed by atoms with Crippen LogP contribution in [-0.4, -0.2) is 49.7 Å². The Morgan fingerprint density at radius 1 is 1.56 bits per heavy atom. The van der Waals surface area contributed by atoms with Crippen LogP contribution in [0.15, 0.2) is 5.38 Å². The van der Waals surface area contributed by atoms with Crippen molar-refractivity contribution in [3.8, 4) is 0 Å². The zero-order chi connectivity index (χ0) is 11.5. The van der Waals surface area contributed by atoms with E-state index in [4.69, 9.17) is 0 Å². The number of piperazine rings is 1. The molecule has 1 aliphatic heterocycles. The Labute approximate surface area is 101 Å². The number of hydrogen-bond acceptors (Lipinski definition) is 5. The highest BCUT2D eigenvalue weighted by atomic mass is 32.1. The molecule has 1 aliphatic rings. The van der Waals surface area contributed by atoms with Crippen molar-refractivity contribution in [2.45, 2.75) is 19.5 Å². The maximum Gasteiger partial charge on any atom is 0.185 e. The van der Waals surface area contributed by atoms with Crippen molar-refractivity contribution in [3.63, 3.8) is 0 Å². The summed E-state index contributed by atoms with van der Waals surface area (Å²) in [5, 5.41) is 6.45. The lowest BCUT2D eigenvalue weighted by atomic mass is 10.2. The quantitative estimate of drug-likeness (QED) is 0.854. The lowest BCUT2D eigenvalue weighted by Gasteiger charge is -2.37. The number of likely N-dealkylation sites (N-methyl/N-ethyl adjacent to an activating group) is 1.